The third-order valence-corrected chi connectivity index (χ3v) is 1.86. The predicted octanol–water partition coefficient (Wildman–Crippen LogP) is 1.65. The molecular weight excluding hydrogens is 192 g/mol. The molecule has 0 aromatic carbocycles. The van der Waals surface area contributed by atoms with Gasteiger partial charge in [0.15, 0.2) is 0 Å². The molecule has 0 radical (unpaired) electrons. The number of pyridine rings is 1. The van der Waals surface area contributed by atoms with Gasteiger partial charge in [0.1, 0.15) is 0 Å². The number of aryl methyl sites for hydroxylation is 1. The molecule has 0 spiro atoms. The second kappa shape index (κ2) is 3.69. The Bertz CT molecular complexity index is 352. The highest BCUT2D eigenvalue weighted by molar-refractivity contribution is 5.75. The van der Waals surface area contributed by atoms with Crippen LogP contribution >= 0.6 is 0 Å². The minimum atomic E-state index is -3.72. The van der Waals surface area contributed by atoms with E-state index in [1.807, 2.05) is 0 Å². The maximum Gasteiger partial charge on any atom is 0.374 e. The Kier molecular flexibility index (Phi) is 2.78. The summed E-state index contributed by atoms with van der Waals surface area (Å²) in [5.41, 5.74) is 0.862. The van der Waals surface area contributed by atoms with Crippen molar-refractivity contribution in [3.63, 3.8) is 0 Å². The Morgan fingerprint density at radius 3 is 2.79 bits per heavy atom. The molecule has 1 N–H and O–H groups in total. The van der Waals surface area contributed by atoms with Crippen molar-refractivity contribution in [2.45, 2.75) is 19.3 Å². The van der Waals surface area contributed by atoms with E-state index in [2.05, 4.69) is 4.98 Å². The highest BCUT2D eigenvalue weighted by Gasteiger charge is 2.39. The number of nitrogens with zero attached hydrogens (tertiary/aromatic N) is 1. The molecule has 3 nitrogen and oxygen atoms in total. The Labute approximate surface area is 79.4 Å². The average Bonchev–Trinajstić information content (AvgIpc) is 2.08. The van der Waals surface area contributed by atoms with E-state index in [1.54, 1.807) is 6.92 Å². The third kappa shape index (κ3) is 2.25. The highest BCUT2D eigenvalue weighted by Crippen LogP contribution is 2.21. The average molecular weight is 201 g/mol. The van der Waals surface area contributed by atoms with E-state index in [0.29, 0.717) is 11.1 Å². The van der Waals surface area contributed by atoms with Gasteiger partial charge in [0.2, 0.25) is 0 Å². The molecular formula is C9H9F2NO2. The molecule has 0 saturated heterocycles. The van der Waals surface area contributed by atoms with Gasteiger partial charge in [-0.05, 0) is 24.1 Å². The van der Waals surface area contributed by atoms with E-state index >= 15 is 0 Å². The maximum atomic E-state index is 12.8. The summed E-state index contributed by atoms with van der Waals surface area (Å²) >= 11 is 0. The number of carboxylic acid groups (broad SMARTS) is 1. The van der Waals surface area contributed by atoms with Gasteiger partial charge in [0.05, 0.1) is 0 Å². The summed E-state index contributed by atoms with van der Waals surface area (Å²) in [7, 11) is 0. The molecule has 14 heavy (non-hydrogen) atoms. The summed E-state index contributed by atoms with van der Waals surface area (Å²) in [5, 5.41) is 8.23. The maximum absolute atomic E-state index is 12.8. The van der Waals surface area contributed by atoms with Crippen molar-refractivity contribution in [3.8, 4) is 0 Å². The van der Waals surface area contributed by atoms with Crippen LogP contribution in [-0.2, 0) is 11.2 Å². The zero-order valence-electron chi connectivity index (χ0n) is 7.50. The van der Waals surface area contributed by atoms with Gasteiger partial charge < -0.3 is 5.11 Å². The lowest BCUT2D eigenvalue weighted by Gasteiger charge is -2.12. The molecule has 1 heterocycles. The van der Waals surface area contributed by atoms with Gasteiger partial charge in [-0.15, -0.1) is 0 Å². The third-order valence-electron chi connectivity index (χ3n) is 1.86. The first-order valence-electron chi connectivity index (χ1n) is 3.94. The van der Waals surface area contributed by atoms with E-state index in [1.165, 1.54) is 18.5 Å². The van der Waals surface area contributed by atoms with Crippen molar-refractivity contribution in [1.29, 1.82) is 0 Å². The van der Waals surface area contributed by atoms with Crippen LogP contribution in [0.5, 0.6) is 0 Å². The molecule has 76 valence electrons. The fourth-order valence-corrected chi connectivity index (χ4v) is 1.02. The van der Waals surface area contributed by atoms with Crippen LogP contribution in [0.2, 0.25) is 0 Å². The molecule has 1 rings (SSSR count). The van der Waals surface area contributed by atoms with Crippen molar-refractivity contribution in [3.05, 3.63) is 29.6 Å². The summed E-state index contributed by atoms with van der Waals surface area (Å²) in [4.78, 5) is 13.9. The molecule has 0 aliphatic heterocycles. The van der Waals surface area contributed by atoms with E-state index in [-0.39, 0.29) is 0 Å². The fourth-order valence-electron chi connectivity index (χ4n) is 1.02. The first-order chi connectivity index (χ1) is 6.43. The molecule has 0 amide bonds. The summed E-state index contributed by atoms with van der Waals surface area (Å²) in [6.45, 7) is 1.61. The molecule has 0 aliphatic rings. The standard InChI is InChI=1S/C9H9F2NO2/c1-6-5-12-3-2-7(6)4-9(10,11)8(13)14/h2-3,5H,4H2,1H3,(H,13,14). The van der Waals surface area contributed by atoms with Crippen LogP contribution in [0.1, 0.15) is 11.1 Å². The number of carboxylic acids is 1. The van der Waals surface area contributed by atoms with Crippen molar-refractivity contribution in [2.24, 2.45) is 0 Å². The smallest absolute Gasteiger partial charge is 0.374 e. The van der Waals surface area contributed by atoms with E-state index < -0.39 is 18.3 Å². The van der Waals surface area contributed by atoms with Gasteiger partial charge in [-0.25, -0.2) is 4.79 Å². The molecule has 0 fully saturated rings. The van der Waals surface area contributed by atoms with Gasteiger partial charge in [0.25, 0.3) is 0 Å². The van der Waals surface area contributed by atoms with E-state index in [9.17, 15) is 13.6 Å². The first-order valence-corrected chi connectivity index (χ1v) is 3.94. The number of hydrogen-bond acceptors (Lipinski definition) is 2. The van der Waals surface area contributed by atoms with Crippen LogP contribution < -0.4 is 0 Å². The van der Waals surface area contributed by atoms with Gasteiger partial charge >= 0.3 is 11.9 Å². The second-order valence-electron chi connectivity index (χ2n) is 2.99. The topological polar surface area (TPSA) is 50.2 Å². The quantitative estimate of drug-likeness (QED) is 0.808. The SMILES string of the molecule is Cc1cnccc1CC(F)(F)C(=O)O. The fraction of sp³-hybridized carbons (Fsp3) is 0.333. The molecule has 0 aliphatic carbocycles. The second-order valence-corrected chi connectivity index (χ2v) is 2.99. The van der Waals surface area contributed by atoms with Crippen LogP contribution in [0, 0.1) is 6.92 Å². The number of carbonyl (C=O) groups is 1. The predicted molar refractivity (Wildman–Crippen MR) is 45.3 cm³/mol. The van der Waals surface area contributed by atoms with E-state index in [4.69, 9.17) is 5.11 Å². The molecule has 0 atom stereocenters. The van der Waals surface area contributed by atoms with Crippen LogP contribution in [0.4, 0.5) is 8.78 Å². The van der Waals surface area contributed by atoms with Crippen LogP contribution in [0.15, 0.2) is 18.5 Å². The van der Waals surface area contributed by atoms with Gasteiger partial charge in [-0.3, -0.25) is 4.98 Å². The molecule has 5 heteroatoms. The van der Waals surface area contributed by atoms with Crippen LogP contribution in [-0.4, -0.2) is 22.0 Å². The summed E-state index contributed by atoms with van der Waals surface area (Å²) in [6.07, 6.45) is 1.99. The Balaban J connectivity index is 2.89. The van der Waals surface area contributed by atoms with Gasteiger partial charge in [-0.2, -0.15) is 8.78 Å². The molecule has 0 bridgehead atoms. The highest BCUT2D eigenvalue weighted by atomic mass is 19.3. The molecule has 1 aromatic rings. The van der Waals surface area contributed by atoms with Crippen LogP contribution in [0.25, 0.3) is 0 Å². The molecule has 0 unspecified atom stereocenters. The Morgan fingerprint density at radius 2 is 2.29 bits per heavy atom. The van der Waals surface area contributed by atoms with Crippen LogP contribution in [0.3, 0.4) is 0 Å². The van der Waals surface area contributed by atoms with Gasteiger partial charge in [0, 0.05) is 18.8 Å². The normalized spacial score (nSPS) is 11.4. The number of aromatic nitrogens is 1. The van der Waals surface area contributed by atoms with Crippen molar-refractivity contribution in [2.75, 3.05) is 0 Å². The number of aliphatic carboxylic acids is 1. The van der Waals surface area contributed by atoms with Crippen molar-refractivity contribution >= 4 is 5.97 Å². The zero-order valence-corrected chi connectivity index (χ0v) is 7.50. The monoisotopic (exact) mass is 201 g/mol. The summed E-state index contributed by atoms with van der Waals surface area (Å²) in [5.74, 6) is -5.82. The lowest BCUT2D eigenvalue weighted by atomic mass is 10.0. The molecule has 0 saturated carbocycles. The van der Waals surface area contributed by atoms with Crippen molar-refractivity contribution < 1.29 is 18.7 Å². The van der Waals surface area contributed by atoms with Gasteiger partial charge in [-0.1, -0.05) is 0 Å². The summed E-state index contributed by atoms with van der Waals surface area (Å²) < 4.78 is 25.6. The minimum absolute atomic E-state index is 0.299. The summed E-state index contributed by atoms with van der Waals surface area (Å²) in [6, 6.07) is 1.40. The Morgan fingerprint density at radius 1 is 1.64 bits per heavy atom. The minimum Gasteiger partial charge on any atom is -0.477 e. The lowest BCUT2D eigenvalue weighted by Crippen LogP contribution is -2.30. The molecule has 1 aromatic heterocycles. The number of hydrogen-bond donors (Lipinski definition) is 1. The number of alkyl halides is 2. The lowest BCUT2D eigenvalue weighted by molar-refractivity contribution is -0.164. The number of halogens is 2. The first kappa shape index (κ1) is 10.6. The van der Waals surface area contributed by atoms with Crippen molar-refractivity contribution in [1.82, 2.24) is 4.98 Å². The Hall–Kier alpha value is -1.52. The largest absolute Gasteiger partial charge is 0.477 e. The van der Waals surface area contributed by atoms with E-state index in [0.717, 1.165) is 0 Å². The zero-order chi connectivity index (χ0) is 10.8. The number of rotatable bonds is 3.